The molecular formula is C13H12ClN3O. The molecule has 18 heavy (non-hydrogen) atoms. The number of anilines is 2. The average Bonchev–Trinajstić information content (AvgIpc) is 2.34. The molecule has 2 N–H and O–H groups in total. The molecule has 0 saturated carbocycles. The molecule has 5 heteroatoms. The maximum Gasteiger partial charge on any atom is 0.323 e. The van der Waals surface area contributed by atoms with Crippen LogP contribution in [0.25, 0.3) is 0 Å². The van der Waals surface area contributed by atoms with Gasteiger partial charge in [-0.15, -0.1) is 0 Å². The number of aryl methyl sites for hydroxylation is 1. The van der Waals surface area contributed by atoms with E-state index in [0.29, 0.717) is 16.4 Å². The lowest BCUT2D eigenvalue weighted by Gasteiger charge is -2.09. The third-order valence-electron chi connectivity index (χ3n) is 2.29. The number of carbonyl (C=O) groups is 1. The van der Waals surface area contributed by atoms with E-state index in [1.54, 1.807) is 36.7 Å². The van der Waals surface area contributed by atoms with Crippen molar-refractivity contribution in [2.24, 2.45) is 0 Å². The Kier molecular flexibility index (Phi) is 3.79. The number of halogens is 1. The number of aromatic nitrogens is 1. The van der Waals surface area contributed by atoms with E-state index < -0.39 is 0 Å². The topological polar surface area (TPSA) is 54.0 Å². The van der Waals surface area contributed by atoms with E-state index in [1.165, 1.54) is 0 Å². The molecule has 2 rings (SSSR count). The van der Waals surface area contributed by atoms with Crippen molar-refractivity contribution >= 4 is 29.0 Å². The van der Waals surface area contributed by atoms with Crippen LogP contribution in [0.15, 0.2) is 42.7 Å². The lowest BCUT2D eigenvalue weighted by atomic mass is 10.2. The summed E-state index contributed by atoms with van der Waals surface area (Å²) in [6, 6.07) is 8.58. The number of nitrogens with one attached hydrogen (secondary N) is 2. The van der Waals surface area contributed by atoms with E-state index in [9.17, 15) is 4.79 Å². The van der Waals surface area contributed by atoms with Gasteiger partial charge in [-0.25, -0.2) is 4.79 Å². The van der Waals surface area contributed by atoms with Crippen LogP contribution in [0.4, 0.5) is 16.2 Å². The molecule has 1 aromatic heterocycles. The minimum atomic E-state index is -0.353. The van der Waals surface area contributed by atoms with Gasteiger partial charge in [0.15, 0.2) is 0 Å². The predicted octanol–water partition coefficient (Wildman–Crippen LogP) is 3.69. The van der Waals surface area contributed by atoms with Gasteiger partial charge in [0.1, 0.15) is 0 Å². The molecule has 0 aliphatic rings. The van der Waals surface area contributed by atoms with Crippen LogP contribution < -0.4 is 10.6 Å². The SMILES string of the molecule is Cc1ccc(NC(=O)Nc2cccnc2)c(Cl)c1. The molecule has 2 amide bonds. The highest BCUT2D eigenvalue weighted by atomic mass is 35.5. The molecule has 1 heterocycles. The Bertz CT molecular complexity index is 557. The largest absolute Gasteiger partial charge is 0.323 e. The van der Waals surface area contributed by atoms with Crippen molar-refractivity contribution in [3.8, 4) is 0 Å². The van der Waals surface area contributed by atoms with Crippen LogP contribution in [-0.2, 0) is 0 Å². The lowest BCUT2D eigenvalue weighted by molar-refractivity contribution is 0.262. The third-order valence-corrected chi connectivity index (χ3v) is 2.60. The number of urea groups is 1. The summed E-state index contributed by atoms with van der Waals surface area (Å²) in [4.78, 5) is 15.6. The summed E-state index contributed by atoms with van der Waals surface area (Å²) in [5.41, 5.74) is 2.24. The highest BCUT2D eigenvalue weighted by molar-refractivity contribution is 6.33. The first-order valence-electron chi connectivity index (χ1n) is 5.39. The number of hydrogen-bond acceptors (Lipinski definition) is 2. The molecule has 0 aliphatic carbocycles. The van der Waals surface area contributed by atoms with Crippen LogP contribution in [0.5, 0.6) is 0 Å². The first kappa shape index (κ1) is 12.4. The Morgan fingerprint density at radius 2 is 2.11 bits per heavy atom. The number of rotatable bonds is 2. The summed E-state index contributed by atoms with van der Waals surface area (Å²) >= 11 is 6.02. The van der Waals surface area contributed by atoms with Gasteiger partial charge in [-0.05, 0) is 36.8 Å². The van der Waals surface area contributed by atoms with E-state index in [4.69, 9.17) is 11.6 Å². The molecule has 92 valence electrons. The standard InChI is InChI=1S/C13H12ClN3O/c1-9-4-5-12(11(14)7-9)17-13(18)16-10-3-2-6-15-8-10/h2-8H,1H3,(H2,16,17,18). The number of hydrogen-bond donors (Lipinski definition) is 2. The quantitative estimate of drug-likeness (QED) is 0.866. The van der Waals surface area contributed by atoms with Gasteiger partial charge < -0.3 is 10.6 Å². The van der Waals surface area contributed by atoms with E-state index >= 15 is 0 Å². The van der Waals surface area contributed by atoms with E-state index in [-0.39, 0.29) is 6.03 Å². The van der Waals surface area contributed by atoms with Gasteiger partial charge in [0, 0.05) is 6.20 Å². The molecule has 1 aromatic carbocycles. The maximum absolute atomic E-state index is 11.7. The second-order valence-electron chi connectivity index (χ2n) is 3.80. The number of benzene rings is 1. The summed E-state index contributed by atoms with van der Waals surface area (Å²) in [6.45, 7) is 1.94. The minimum Gasteiger partial charge on any atom is -0.306 e. The number of carbonyl (C=O) groups excluding carboxylic acids is 1. The van der Waals surface area contributed by atoms with Crippen LogP contribution in [0.3, 0.4) is 0 Å². The fraction of sp³-hybridized carbons (Fsp3) is 0.0769. The first-order chi connectivity index (χ1) is 8.65. The molecule has 0 spiro atoms. The van der Waals surface area contributed by atoms with Crippen molar-refractivity contribution < 1.29 is 4.79 Å². The third kappa shape index (κ3) is 3.21. The van der Waals surface area contributed by atoms with E-state index in [1.807, 2.05) is 13.0 Å². The zero-order chi connectivity index (χ0) is 13.0. The van der Waals surface area contributed by atoms with Gasteiger partial charge in [0.2, 0.25) is 0 Å². The van der Waals surface area contributed by atoms with E-state index in [2.05, 4.69) is 15.6 Å². The molecule has 4 nitrogen and oxygen atoms in total. The van der Waals surface area contributed by atoms with Crippen LogP contribution in [0, 0.1) is 6.92 Å². The van der Waals surface area contributed by atoms with Gasteiger partial charge >= 0.3 is 6.03 Å². The van der Waals surface area contributed by atoms with Crippen LogP contribution in [-0.4, -0.2) is 11.0 Å². The second kappa shape index (κ2) is 5.51. The van der Waals surface area contributed by atoms with Crippen LogP contribution >= 0.6 is 11.6 Å². The molecule has 0 bridgehead atoms. The van der Waals surface area contributed by atoms with Crippen molar-refractivity contribution in [2.45, 2.75) is 6.92 Å². The molecule has 0 radical (unpaired) electrons. The van der Waals surface area contributed by atoms with Gasteiger partial charge in [0.25, 0.3) is 0 Å². The number of nitrogens with zero attached hydrogens (tertiary/aromatic N) is 1. The van der Waals surface area contributed by atoms with Crippen molar-refractivity contribution in [3.63, 3.8) is 0 Å². The van der Waals surface area contributed by atoms with Gasteiger partial charge in [-0.2, -0.15) is 0 Å². The fourth-order valence-electron chi connectivity index (χ4n) is 1.44. The summed E-state index contributed by atoms with van der Waals surface area (Å²) < 4.78 is 0. The van der Waals surface area contributed by atoms with Crippen molar-refractivity contribution in [1.29, 1.82) is 0 Å². The van der Waals surface area contributed by atoms with Gasteiger partial charge in [0.05, 0.1) is 22.6 Å². The summed E-state index contributed by atoms with van der Waals surface area (Å²) in [5.74, 6) is 0. The molecule has 0 aliphatic heterocycles. The Hall–Kier alpha value is -2.07. The van der Waals surface area contributed by atoms with Crippen molar-refractivity contribution in [3.05, 3.63) is 53.3 Å². The number of amides is 2. The zero-order valence-electron chi connectivity index (χ0n) is 9.77. The fourth-order valence-corrected chi connectivity index (χ4v) is 1.73. The predicted molar refractivity (Wildman–Crippen MR) is 73.1 cm³/mol. The minimum absolute atomic E-state index is 0.353. The molecule has 0 saturated heterocycles. The van der Waals surface area contributed by atoms with Gasteiger partial charge in [-0.1, -0.05) is 17.7 Å². The van der Waals surface area contributed by atoms with Gasteiger partial charge in [-0.3, -0.25) is 4.98 Å². The van der Waals surface area contributed by atoms with Crippen molar-refractivity contribution in [2.75, 3.05) is 10.6 Å². The van der Waals surface area contributed by atoms with E-state index in [0.717, 1.165) is 5.56 Å². The highest BCUT2D eigenvalue weighted by Crippen LogP contribution is 2.22. The Labute approximate surface area is 110 Å². The summed E-state index contributed by atoms with van der Waals surface area (Å²) in [7, 11) is 0. The Morgan fingerprint density at radius 1 is 1.28 bits per heavy atom. The average molecular weight is 262 g/mol. The molecule has 0 fully saturated rings. The second-order valence-corrected chi connectivity index (χ2v) is 4.21. The monoisotopic (exact) mass is 261 g/mol. The molecule has 0 atom stereocenters. The maximum atomic E-state index is 11.7. The highest BCUT2D eigenvalue weighted by Gasteiger charge is 2.05. The van der Waals surface area contributed by atoms with Crippen LogP contribution in [0.1, 0.15) is 5.56 Å². The number of pyridine rings is 1. The molecule has 2 aromatic rings. The molecule has 0 unspecified atom stereocenters. The zero-order valence-corrected chi connectivity index (χ0v) is 10.5. The van der Waals surface area contributed by atoms with Crippen LogP contribution in [0.2, 0.25) is 5.02 Å². The summed E-state index contributed by atoms with van der Waals surface area (Å²) in [6.07, 6.45) is 3.20. The Morgan fingerprint density at radius 3 is 2.78 bits per heavy atom. The first-order valence-corrected chi connectivity index (χ1v) is 5.77. The lowest BCUT2D eigenvalue weighted by Crippen LogP contribution is -2.19. The molecular weight excluding hydrogens is 250 g/mol. The van der Waals surface area contributed by atoms with Crippen molar-refractivity contribution in [1.82, 2.24) is 4.98 Å². The normalized spacial score (nSPS) is 9.89. The summed E-state index contributed by atoms with van der Waals surface area (Å²) in [5, 5.41) is 5.85. The Balaban J connectivity index is 2.03. The smallest absolute Gasteiger partial charge is 0.306 e.